The summed E-state index contributed by atoms with van der Waals surface area (Å²) in [5.41, 5.74) is 6.67. The zero-order chi connectivity index (χ0) is 9.52. The highest BCUT2D eigenvalue weighted by Crippen LogP contribution is 2.07. The number of hydrogen-bond donors (Lipinski definition) is 1. The highest BCUT2D eigenvalue weighted by molar-refractivity contribution is 5.32. The van der Waals surface area contributed by atoms with Crippen LogP contribution in [0.25, 0.3) is 0 Å². The molecule has 0 saturated heterocycles. The molecule has 1 aliphatic heterocycles. The Bertz CT molecular complexity index is 226. The fraction of sp³-hybridized carbons (Fsp3) is 0.455. The molecule has 2 N–H and O–H groups in total. The Kier molecular flexibility index (Phi) is 4.33. The van der Waals surface area contributed by atoms with Gasteiger partial charge in [0.05, 0.1) is 0 Å². The van der Waals surface area contributed by atoms with Crippen molar-refractivity contribution in [3.63, 3.8) is 0 Å². The standard InChI is InChI=1S/C11H18N2/c1-13-9-5-7-11(10-13)6-3-2-4-8-12/h3,5-7,10H,2,4,8-9,12H2,1H3/b6-3+. The molecule has 0 unspecified atom stereocenters. The molecule has 0 bridgehead atoms. The average molecular weight is 178 g/mol. The molecule has 0 aromatic carbocycles. The van der Waals surface area contributed by atoms with E-state index in [0.29, 0.717) is 0 Å². The minimum Gasteiger partial charge on any atom is -0.376 e. The lowest BCUT2D eigenvalue weighted by Crippen LogP contribution is -2.13. The molecule has 1 rings (SSSR count). The first-order chi connectivity index (χ1) is 6.33. The van der Waals surface area contributed by atoms with Gasteiger partial charge in [0.15, 0.2) is 0 Å². The van der Waals surface area contributed by atoms with Gasteiger partial charge in [-0.15, -0.1) is 0 Å². The third-order valence-electron chi connectivity index (χ3n) is 1.96. The van der Waals surface area contributed by atoms with Gasteiger partial charge < -0.3 is 10.6 Å². The van der Waals surface area contributed by atoms with E-state index in [-0.39, 0.29) is 0 Å². The lowest BCUT2D eigenvalue weighted by molar-refractivity contribution is 0.502. The Hall–Kier alpha value is -1.02. The van der Waals surface area contributed by atoms with E-state index in [1.807, 2.05) is 0 Å². The maximum Gasteiger partial charge on any atom is 0.0354 e. The molecule has 0 spiro atoms. The Labute approximate surface area is 80.4 Å². The first-order valence-corrected chi connectivity index (χ1v) is 4.78. The predicted octanol–water partition coefficient (Wildman–Crippen LogP) is 1.67. The smallest absolute Gasteiger partial charge is 0.0354 e. The number of likely N-dealkylation sites (N-methyl/N-ethyl adjacent to an activating group) is 1. The number of unbranched alkanes of at least 4 members (excludes halogenated alkanes) is 1. The Balaban J connectivity index is 2.35. The minimum absolute atomic E-state index is 0.777. The van der Waals surface area contributed by atoms with Gasteiger partial charge in [-0.25, -0.2) is 0 Å². The molecule has 0 amide bonds. The number of nitrogens with zero attached hydrogens (tertiary/aromatic N) is 1. The molecular formula is C11H18N2. The van der Waals surface area contributed by atoms with Crippen LogP contribution < -0.4 is 5.73 Å². The Morgan fingerprint density at radius 1 is 1.62 bits per heavy atom. The van der Waals surface area contributed by atoms with E-state index in [1.54, 1.807) is 0 Å². The molecule has 0 saturated carbocycles. The van der Waals surface area contributed by atoms with Crippen molar-refractivity contribution in [2.24, 2.45) is 5.73 Å². The normalized spacial score (nSPS) is 16.8. The summed E-state index contributed by atoms with van der Waals surface area (Å²) < 4.78 is 0. The minimum atomic E-state index is 0.777. The molecule has 0 atom stereocenters. The van der Waals surface area contributed by atoms with E-state index in [9.17, 15) is 0 Å². The summed E-state index contributed by atoms with van der Waals surface area (Å²) in [4.78, 5) is 2.17. The van der Waals surface area contributed by atoms with Gasteiger partial charge in [-0.1, -0.05) is 24.3 Å². The van der Waals surface area contributed by atoms with Crippen LogP contribution in [0.3, 0.4) is 0 Å². The van der Waals surface area contributed by atoms with Crippen LogP contribution in [0.2, 0.25) is 0 Å². The lowest BCUT2D eigenvalue weighted by Gasteiger charge is -2.15. The molecule has 1 aliphatic rings. The van der Waals surface area contributed by atoms with Crippen molar-refractivity contribution in [2.45, 2.75) is 12.8 Å². The zero-order valence-corrected chi connectivity index (χ0v) is 8.24. The van der Waals surface area contributed by atoms with Crippen LogP contribution in [0.5, 0.6) is 0 Å². The van der Waals surface area contributed by atoms with E-state index >= 15 is 0 Å². The van der Waals surface area contributed by atoms with E-state index in [1.165, 1.54) is 5.57 Å². The monoisotopic (exact) mass is 178 g/mol. The summed E-state index contributed by atoms with van der Waals surface area (Å²) in [5.74, 6) is 0. The maximum atomic E-state index is 5.40. The van der Waals surface area contributed by atoms with Crippen LogP contribution in [0.15, 0.2) is 36.1 Å². The van der Waals surface area contributed by atoms with Crippen molar-refractivity contribution < 1.29 is 0 Å². The second kappa shape index (κ2) is 5.60. The van der Waals surface area contributed by atoms with E-state index in [4.69, 9.17) is 5.73 Å². The zero-order valence-electron chi connectivity index (χ0n) is 8.24. The average Bonchev–Trinajstić information content (AvgIpc) is 2.13. The second-order valence-electron chi connectivity index (χ2n) is 3.30. The summed E-state index contributed by atoms with van der Waals surface area (Å²) in [5, 5.41) is 0. The largest absolute Gasteiger partial charge is 0.376 e. The second-order valence-corrected chi connectivity index (χ2v) is 3.30. The van der Waals surface area contributed by atoms with Crippen LogP contribution in [0, 0.1) is 0 Å². The fourth-order valence-corrected chi connectivity index (χ4v) is 1.26. The van der Waals surface area contributed by atoms with Gasteiger partial charge in [-0.2, -0.15) is 0 Å². The molecular weight excluding hydrogens is 160 g/mol. The van der Waals surface area contributed by atoms with E-state index in [2.05, 4.69) is 42.5 Å². The first-order valence-electron chi connectivity index (χ1n) is 4.78. The molecule has 0 aromatic heterocycles. The van der Waals surface area contributed by atoms with Gasteiger partial charge >= 0.3 is 0 Å². The molecule has 72 valence electrons. The first kappa shape index (κ1) is 10.1. The third kappa shape index (κ3) is 3.95. The lowest BCUT2D eigenvalue weighted by atomic mass is 10.1. The van der Waals surface area contributed by atoms with E-state index in [0.717, 1.165) is 25.9 Å². The topological polar surface area (TPSA) is 29.3 Å². The quantitative estimate of drug-likeness (QED) is 0.663. The number of allylic oxidation sites excluding steroid dienone is 4. The third-order valence-corrected chi connectivity index (χ3v) is 1.96. The molecule has 13 heavy (non-hydrogen) atoms. The van der Waals surface area contributed by atoms with Crippen LogP contribution in [-0.2, 0) is 0 Å². The van der Waals surface area contributed by atoms with Crippen molar-refractivity contribution in [2.75, 3.05) is 20.1 Å². The van der Waals surface area contributed by atoms with Crippen LogP contribution in [0.1, 0.15) is 12.8 Å². The summed E-state index contributed by atoms with van der Waals surface area (Å²) in [6.45, 7) is 1.79. The van der Waals surface area contributed by atoms with Crippen molar-refractivity contribution in [1.82, 2.24) is 4.90 Å². The van der Waals surface area contributed by atoms with Gasteiger partial charge in [-0.3, -0.25) is 0 Å². The Morgan fingerprint density at radius 2 is 2.46 bits per heavy atom. The summed E-state index contributed by atoms with van der Waals surface area (Å²) in [6.07, 6.45) is 13.0. The Morgan fingerprint density at radius 3 is 3.15 bits per heavy atom. The van der Waals surface area contributed by atoms with Gasteiger partial charge in [0, 0.05) is 19.8 Å². The van der Waals surface area contributed by atoms with Gasteiger partial charge in [0.25, 0.3) is 0 Å². The fourth-order valence-electron chi connectivity index (χ4n) is 1.26. The van der Waals surface area contributed by atoms with Crippen LogP contribution in [-0.4, -0.2) is 25.0 Å². The summed E-state index contributed by atoms with van der Waals surface area (Å²) >= 11 is 0. The maximum absolute atomic E-state index is 5.40. The van der Waals surface area contributed by atoms with Crippen molar-refractivity contribution in [1.29, 1.82) is 0 Å². The van der Waals surface area contributed by atoms with Gasteiger partial charge in [0.2, 0.25) is 0 Å². The van der Waals surface area contributed by atoms with E-state index < -0.39 is 0 Å². The molecule has 0 fully saturated rings. The van der Waals surface area contributed by atoms with Crippen LogP contribution >= 0.6 is 0 Å². The summed E-state index contributed by atoms with van der Waals surface area (Å²) in [7, 11) is 2.08. The van der Waals surface area contributed by atoms with Crippen molar-refractivity contribution in [3.05, 3.63) is 36.1 Å². The molecule has 1 heterocycles. The van der Waals surface area contributed by atoms with Gasteiger partial charge in [-0.05, 0) is 25.0 Å². The van der Waals surface area contributed by atoms with Crippen molar-refractivity contribution >= 4 is 0 Å². The number of hydrogen-bond acceptors (Lipinski definition) is 2. The van der Waals surface area contributed by atoms with Gasteiger partial charge in [0.1, 0.15) is 0 Å². The van der Waals surface area contributed by atoms with Crippen molar-refractivity contribution in [3.8, 4) is 0 Å². The molecule has 2 nitrogen and oxygen atoms in total. The number of rotatable bonds is 4. The number of nitrogens with two attached hydrogens (primary N) is 1. The van der Waals surface area contributed by atoms with Crippen LogP contribution in [0.4, 0.5) is 0 Å². The molecule has 0 aliphatic carbocycles. The molecule has 2 heteroatoms. The molecule has 0 radical (unpaired) electrons. The highest BCUT2D eigenvalue weighted by atomic mass is 15.1. The SMILES string of the molecule is CN1C=C(/C=C/CCCN)C=CC1. The summed E-state index contributed by atoms with van der Waals surface area (Å²) in [6, 6.07) is 0. The molecule has 0 aromatic rings. The predicted molar refractivity (Wildman–Crippen MR) is 57.3 cm³/mol. The highest BCUT2D eigenvalue weighted by Gasteiger charge is 1.96.